The minimum Gasteiger partial charge on any atom is -0.379 e. The SMILES string of the molecule is CCNc1ncc(F)c(NC2CCCOC2)n1. The number of hydrogen-bond acceptors (Lipinski definition) is 5. The summed E-state index contributed by atoms with van der Waals surface area (Å²) in [6.07, 6.45) is 3.14. The molecule has 5 nitrogen and oxygen atoms in total. The van der Waals surface area contributed by atoms with Gasteiger partial charge >= 0.3 is 0 Å². The van der Waals surface area contributed by atoms with Crippen LogP contribution >= 0.6 is 0 Å². The van der Waals surface area contributed by atoms with Crippen LogP contribution in [0.3, 0.4) is 0 Å². The van der Waals surface area contributed by atoms with Gasteiger partial charge < -0.3 is 15.4 Å². The molecule has 2 N–H and O–H groups in total. The molecule has 1 aromatic heterocycles. The number of anilines is 2. The number of rotatable bonds is 4. The van der Waals surface area contributed by atoms with Crippen molar-refractivity contribution in [1.82, 2.24) is 9.97 Å². The Labute approximate surface area is 99.8 Å². The number of nitrogens with zero attached hydrogens (tertiary/aromatic N) is 2. The van der Waals surface area contributed by atoms with Gasteiger partial charge in [0, 0.05) is 13.2 Å². The third-order valence-corrected chi connectivity index (χ3v) is 2.58. The average Bonchev–Trinajstić information content (AvgIpc) is 2.35. The van der Waals surface area contributed by atoms with Crippen LogP contribution in [0.25, 0.3) is 0 Å². The van der Waals surface area contributed by atoms with Crippen molar-refractivity contribution in [1.29, 1.82) is 0 Å². The van der Waals surface area contributed by atoms with Crippen LogP contribution in [-0.4, -0.2) is 35.8 Å². The third-order valence-electron chi connectivity index (χ3n) is 2.58. The first kappa shape index (κ1) is 12.0. The van der Waals surface area contributed by atoms with E-state index in [9.17, 15) is 4.39 Å². The van der Waals surface area contributed by atoms with Gasteiger partial charge in [0.25, 0.3) is 0 Å². The topological polar surface area (TPSA) is 59.1 Å². The molecule has 2 heterocycles. The van der Waals surface area contributed by atoms with Crippen LogP contribution in [0.15, 0.2) is 6.20 Å². The number of nitrogens with one attached hydrogen (secondary N) is 2. The van der Waals surface area contributed by atoms with E-state index in [1.807, 2.05) is 6.92 Å². The van der Waals surface area contributed by atoms with E-state index >= 15 is 0 Å². The maximum absolute atomic E-state index is 13.5. The van der Waals surface area contributed by atoms with Crippen molar-refractivity contribution < 1.29 is 9.13 Å². The second-order valence-corrected chi connectivity index (χ2v) is 3.98. The van der Waals surface area contributed by atoms with E-state index in [4.69, 9.17) is 4.74 Å². The molecule has 1 atom stereocenters. The Morgan fingerprint density at radius 3 is 3.18 bits per heavy atom. The van der Waals surface area contributed by atoms with Crippen LogP contribution in [0.2, 0.25) is 0 Å². The normalized spacial score (nSPS) is 20.0. The average molecular weight is 240 g/mol. The molecule has 1 fully saturated rings. The Bertz CT molecular complexity index is 368. The molecule has 0 aliphatic carbocycles. The van der Waals surface area contributed by atoms with E-state index in [0.717, 1.165) is 19.4 Å². The number of aromatic nitrogens is 2. The predicted molar refractivity (Wildman–Crippen MR) is 63.6 cm³/mol. The molecule has 17 heavy (non-hydrogen) atoms. The lowest BCUT2D eigenvalue weighted by Gasteiger charge is -2.23. The maximum atomic E-state index is 13.5. The van der Waals surface area contributed by atoms with Crippen molar-refractivity contribution in [2.75, 3.05) is 30.4 Å². The maximum Gasteiger partial charge on any atom is 0.224 e. The van der Waals surface area contributed by atoms with E-state index in [0.29, 0.717) is 19.1 Å². The van der Waals surface area contributed by atoms with Gasteiger partial charge in [-0.15, -0.1) is 0 Å². The third kappa shape index (κ3) is 3.26. The van der Waals surface area contributed by atoms with Crippen molar-refractivity contribution in [2.24, 2.45) is 0 Å². The van der Waals surface area contributed by atoms with Gasteiger partial charge in [0.05, 0.1) is 18.8 Å². The number of hydrogen-bond donors (Lipinski definition) is 2. The monoisotopic (exact) mass is 240 g/mol. The molecule has 0 radical (unpaired) electrons. The van der Waals surface area contributed by atoms with Gasteiger partial charge in [-0.25, -0.2) is 9.37 Å². The lowest BCUT2D eigenvalue weighted by molar-refractivity contribution is 0.0874. The summed E-state index contributed by atoms with van der Waals surface area (Å²) in [6.45, 7) is 4.03. The Morgan fingerprint density at radius 1 is 1.59 bits per heavy atom. The fraction of sp³-hybridized carbons (Fsp3) is 0.636. The Hall–Kier alpha value is -1.43. The summed E-state index contributed by atoms with van der Waals surface area (Å²) in [7, 11) is 0. The Morgan fingerprint density at radius 2 is 2.47 bits per heavy atom. The minimum atomic E-state index is -0.433. The molecular formula is C11H17FN4O. The summed E-state index contributed by atoms with van der Waals surface area (Å²) in [5.41, 5.74) is 0. The molecule has 2 rings (SSSR count). The van der Waals surface area contributed by atoms with Gasteiger partial charge in [-0.2, -0.15) is 4.98 Å². The predicted octanol–water partition coefficient (Wildman–Crippen LogP) is 1.64. The van der Waals surface area contributed by atoms with Crippen molar-refractivity contribution in [3.63, 3.8) is 0 Å². The molecule has 94 valence electrons. The first-order valence-electron chi connectivity index (χ1n) is 5.90. The van der Waals surface area contributed by atoms with Crippen LogP contribution in [0.4, 0.5) is 16.2 Å². The Kier molecular flexibility index (Phi) is 4.08. The first-order valence-corrected chi connectivity index (χ1v) is 5.90. The van der Waals surface area contributed by atoms with Crippen LogP contribution in [0.1, 0.15) is 19.8 Å². The fourth-order valence-corrected chi connectivity index (χ4v) is 1.76. The number of halogens is 1. The van der Waals surface area contributed by atoms with Crippen LogP contribution < -0.4 is 10.6 Å². The zero-order valence-electron chi connectivity index (χ0n) is 9.87. The molecule has 1 unspecified atom stereocenters. The zero-order valence-corrected chi connectivity index (χ0v) is 9.87. The molecule has 1 aliphatic heterocycles. The summed E-state index contributed by atoms with van der Waals surface area (Å²) < 4.78 is 18.8. The van der Waals surface area contributed by atoms with Crippen molar-refractivity contribution >= 4 is 11.8 Å². The van der Waals surface area contributed by atoms with Gasteiger partial charge in [0.2, 0.25) is 5.95 Å². The smallest absolute Gasteiger partial charge is 0.224 e. The molecule has 6 heteroatoms. The number of ether oxygens (including phenoxy) is 1. The quantitative estimate of drug-likeness (QED) is 0.837. The van der Waals surface area contributed by atoms with Crippen LogP contribution in [0, 0.1) is 5.82 Å². The molecule has 1 aromatic rings. The molecule has 1 saturated heterocycles. The highest BCUT2D eigenvalue weighted by Crippen LogP contribution is 2.16. The first-order chi connectivity index (χ1) is 8.29. The molecule has 0 saturated carbocycles. The second-order valence-electron chi connectivity index (χ2n) is 3.98. The fourth-order valence-electron chi connectivity index (χ4n) is 1.76. The molecule has 0 amide bonds. The van der Waals surface area contributed by atoms with Gasteiger partial charge in [-0.1, -0.05) is 0 Å². The molecule has 0 aromatic carbocycles. The van der Waals surface area contributed by atoms with E-state index in [1.165, 1.54) is 6.20 Å². The summed E-state index contributed by atoms with van der Waals surface area (Å²) in [5.74, 6) is 0.247. The molecule has 1 aliphatic rings. The zero-order chi connectivity index (χ0) is 12.1. The van der Waals surface area contributed by atoms with Gasteiger partial charge in [-0.3, -0.25) is 0 Å². The van der Waals surface area contributed by atoms with E-state index < -0.39 is 5.82 Å². The minimum absolute atomic E-state index is 0.127. The molecule has 0 spiro atoms. The molecular weight excluding hydrogens is 223 g/mol. The van der Waals surface area contributed by atoms with E-state index in [2.05, 4.69) is 20.6 Å². The largest absolute Gasteiger partial charge is 0.379 e. The van der Waals surface area contributed by atoms with E-state index in [-0.39, 0.29) is 11.9 Å². The lowest BCUT2D eigenvalue weighted by Crippen LogP contribution is -2.30. The van der Waals surface area contributed by atoms with Crippen LogP contribution in [0.5, 0.6) is 0 Å². The van der Waals surface area contributed by atoms with Crippen molar-refractivity contribution in [2.45, 2.75) is 25.8 Å². The summed E-state index contributed by atoms with van der Waals surface area (Å²) in [4.78, 5) is 7.95. The highest BCUT2D eigenvalue weighted by Gasteiger charge is 2.16. The summed E-state index contributed by atoms with van der Waals surface area (Å²) in [5, 5.41) is 6.01. The van der Waals surface area contributed by atoms with Gasteiger partial charge in [0.1, 0.15) is 0 Å². The van der Waals surface area contributed by atoms with E-state index in [1.54, 1.807) is 0 Å². The summed E-state index contributed by atoms with van der Waals surface area (Å²) in [6, 6.07) is 0.127. The van der Waals surface area contributed by atoms with Gasteiger partial charge in [-0.05, 0) is 19.8 Å². The van der Waals surface area contributed by atoms with Crippen molar-refractivity contribution in [3.8, 4) is 0 Å². The molecule has 0 bridgehead atoms. The van der Waals surface area contributed by atoms with Gasteiger partial charge in [0.15, 0.2) is 11.6 Å². The highest BCUT2D eigenvalue weighted by molar-refractivity contribution is 5.41. The second kappa shape index (κ2) is 5.77. The Balaban J connectivity index is 2.04. The highest BCUT2D eigenvalue weighted by atomic mass is 19.1. The summed E-state index contributed by atoms with van der Waals surface area (Å²) >= 11 is 0. The lowest BCUT2D eigenvalue weighted by atomic mass is 10.1. The van der Waals surface area contributed by atoms with Crippen molar-refractivity contribution in [3.05, 3.63) is 12.0 Å². The van der Waals surface area contributed by atoms with Crippen LogP contribution in [-0.2, 0) is 4.74 Å². The standard InChI is InChI=1S/C11H17FN4O/c1-2-13-11-14-6-9(12)10(16-11)15-8-4-3-5-17-7-8/h6,8H,2-5,7H2,1H3,(H2,13,14,15,16).